The molecule has 0 aliphatic rings. The van der Waals surface area contributed by atoms with E-state index in [0.717, 1.165) is 18.3 Å². The van der Waals surface area contributed by atoms with Crippen molar-refractivity contribution in [1.29, 1.82) is 0 Å². The number of hydrogen-bond donors (Lipinski definition) is 0. The first kappa shape index (κ1) is 9.74. The van der Waals surface area contributed by atoms with Gasteiger partial charge in [0.05, 0.1) is 0 Å². The SMILES string of the molecule is C=C(CC)[C@@H](CC)C(C)C. The minimum absolute atomic E-state index is 0.741. The highest BCUT2D eigenvalue weighted by Gasteiger charge is 2.12. The normalized spacial score (nSPS) is 13.7. The minimum Gasteiger partial charge on any atom is -0.0996 e. The first-order chi connectivity index (χ1) is 4.63. The molecular weight excluding hydrogens is 120 g/mol. The van der Waals surface area contributed by atoms with Crippen LogP contribution in [0.25, 0.3) is 0 Å². The van der Waals surface area contributed by atoms with Gasteiger partial charge in [-0.05, 0) is 24.7 Å². The van der Waals surface area contributed by atoms with Crippen molar-refractivity contribution in [2.45, 2.75) is 40.5 Å². The fourth-order valence-electron chi connectivity index (χ4n) is 1.49. The zero-order chi connectivity index (χ0) is 8.15. The van der Waals surface area contributed by atoms with Crippen molar-refractivity contribution in [2.24, 2.45) is 11.8 Å². The van der Waals surface area contributed by atoms with Crippen LogP contribution in [0, 0.1) is 11.8 Å². The summed E-state index contributed by atoms with van der Waals surface area (Å²) >= 11 is 0. The summed E-state index contributed by atoms with van der Waals surface area (Å²) in [5, 5.41) is 0. The third-order valence-corrected chi connectivity index (χ3v) is 2.22. The second-order valence-corrected chi connectivity index (χ2v) is 3.27. The quantitative estimate of drug-likeness (QED) is 0.523. The average molecular weight is 140 g/mol. The van der Waals surface area contributed by atoms with E-state index in [1.165, 1.54) is 12.0 Å². The standard InChI is InChI=1S/C10H20/c1-6-9(5)10(7-2)8(3)4/h8,10H,5-7H2,1-4H3/t10-/m0/s1. The molecule has 10 heavy (non-hydrogen) atoms. The molecule has 0 spiro atoms. The highest BCUT2D eigenvalue weighted by Crippen LogP contribution is 2.24. The van der Waals surface area contributed by atoms with E-state index in [2.05, 4.69) is 34.3 Å². The molecule has 0 saturated heterocycles. The van der Waals surface area contributed by atoms with Crippen LogP contribution in [0.4, 0.5) is 0 Å². The Hall–Kier alpha value is -0.260. The zero-order valence-corrected chi connectivity index (χ0v) is 7.78. The highest BCUT2D eigenvalue weighted by atomic mass is 14.2. The van der Waals surface area contributed by atoms with Gasteiger partial charge < -0.3 is 0 Å². The molecule has 0 heteroatoms. The number of allylic oxidation sites excluding steroid dienone is 1. The molecule has 0 heterocycles. The predicted molar refractivity (Wildman–Crippen MR) is 48.1 cm³/mol. The lowest BCUT2D eigenvalue weighted by atomic mass is 9.86. The molecular formula is C10H20. The van der Waals surface area contributed by atoms with E-state index in [1.807, 2.05) is 0 Å². The third-order valence-electron chi connectivity index (χ3n) is 2.22. The average Bonchev–Trinajstić information content (AvgIpc) is 1.88. The van der Waals surface area contributed by atoms with Gasteiger partial charge in [0.2, 0.25) is 0 Å². The van der Waals surface area contributed by atoms with E-state index in [4.69, 9.17) is 0 Å². The summed E-state index contributed by atoms with van der Waals surface area (Å²) < 4.78 is 0. The van der Waals surface area contributed by atoms with Crippen LogP contribution in [0.15, 0.2) is 12.2 Å². The van der Waals surface area contributed by atoms with Crippen molar-refractivity contribution in [1.82, 2.24) is 0 Å². The topological polar surface area (TPSA) is 0 Å². The summed E-state index contributed by atoms with van der Waals surface area (Å²) in [4.78, 5) is 0. The van der Waals surface area contributed by atoms with Crippen LogP contribution in [-0.2, 0) is 0 Å². The summed E-state index contributed by atoms with van der Waals surface area (Å²) in [7, 11) is 0. The van der Waals surface area contributed by atoms with Gasteiger partial charge in [0.1, 0.15) is 0 Å². The largest absolute Gasteiger partial charge is 0.0996 e. The van der Waals surface area contributed by atoms with E-state index < -0.39 is 0 Å². The van der Waals surface area contributed by atoms with E-state index in [0.29, 0.717) is 0 Å². The molecule has 0 bridgehead atoms. The van der Waals surface area contributed by atoms with Gasteiger partial charge in [0.25, 0.3) is 0 Å². The van der Waals surface area contributed by atoms with Crippen LogP contribution in [0.1, 0.15) is 40.5 Å². The maximum absolute atomic E-state index is 4.07. The fraction of sp³-hybridized carbons (Fsp3) is 0.800. The summed E-state index contributed by atoms with van der Waals surface area (Å²) in [6.45, 7) is 13.0. The Morgan fingerprint density at radius 2 is 1.80 bits per heavy atom. The Balaban J connectivity index is 3.93. The lowest BCUT2D eigenvalue weighted by Crippen LogP contribution is -2.09. The van der Waals surface area contributed by atoms with Gasteiger partial charge in [-0.3, -0.25) is 0 Å². The van der Waals surface area contributed by atoms with E-state index in [1.54, 1.807) is 0 Å². The van der Waals surface area contributed by atoms with Gasteiger partial charge >= 0.3 is 0 Å². The van der Waals surface area contributed by atoms with Gasteiger partial charge in [-0.25, -0.2) is 0 Å². The number of hydrogen-bond acceptors (Lipinski definition) is 0. The molecule has 0 amide bonds. The van der Waals surface area contributed by atoms with E-state index in [-0.39, 0.29) is 0 Å². The molecule has 0 N–H and O–H groups in total. The van der Waals surface area contributed by atoms with E-state index in [9.17, 15) is 0 Å². The maximum Gasteiger partial charge on any atom is -0.0186 e. The van der Waals surface area contributed by atoms with Crippen molar-refractivity contribution in [2.75, 3.05) is 0 Å². The summed E-state index contributed by atoms with van der Waals surface area (Å²) in [5.41, 5.74) is 1.41. The van der Waals surface area contributed by atoms with Crippen LogP contribution >= 0.6 is 0 Å². The second kappa shape index (κ2) is 4.54. The first-order valence-electron chi connectivity index (χ1n) is 4.31. The molecule has 0 aliphatic heterocycles. The van der Waals surface area contributed by atoms with Gasteiger partial charge in [0.15, 0.2) is 0 Å². The molecule has 0 aromatic heterocycles. The summed E-state index contributed by atoms with van der Waals surface area (Å²) in [6.07, 6.45) is 2.38. The smallest absolute Gasteiger partial charge is 0.0186 e. The van der Waals surface area contributed by atoms with Gasteiger partial charge in [-0.1, -0.05) is 39.8 Å². The molecule has 0 aliphatic carbocycles. The molecule has 0 aromatic rings. The highest BCUT2D eigenvalue weighted by molar-refractivity contribution is 5.00. The van der Waals surface area contributed by atoms with E-state index >= 15 is 0 Å². The molecule has 0 saturated carbocycles. The Labute approximate surface area is 65.3 Å². The third kappa shape index (κ3) is 2.55. The Morgan fingerprint density at radius 3 is 1.90 bits per heavy atom. The molecule has 0 unspecified atom stereocenters. The second-order valence-electron chi connectivity index (χ2n) is 3.27. The van der Waals surface area contributed by atoms with Gasteiger partial charge in [0, 0.05) is 0 Å². The first-order valence-corrected chi connectivity index (χ1v) is 4.31. The Kier molecular flexibility index (Phi) is 4.42. The van der Waals surface area contributed by atoms with Crippen LogP contribution < -0.4 is 0 Å². The summed E-state index contributed by atoms with van der Waals surface area (Å²) in [5.74, 6) is 1.50. The van der Waals surface area contributed by atoms with Crippen LogP contribution in [0.5, 0.6) is 0 Å². The fourth-order valence-corrected chi connectivity index (χ4v) is 1.49. The monoisotopic (exact) mass is 140 g/mol. The van der Waals surface area contributed by atoms with Crippen LogP contribution in [-0.4, -0.2) is 0 Å². The molecule has 0 radical (unpaired) electrons. The van der Waals surface area contributed by atoms with Gasteiger partial charge in [-0.15, -0.1) is 0 Å². The molecule has 0 rings (SSSR count). The minimum atomic E-state index is 0.741. The lowest BCUT2D eigenvalue weighted by Gasteiger charge is -2.20. The number of rotatable bonds is 4. The lowest BCUT2D eigenvalue weighted by molar-refractivity contribution is 0.423. The van der Waals surface area contributed by atoms with Crippen molar-refractivity contribution in [3.63, 3.8) is 0 Å². The molecule has 0 nitrogen and oxygen atoms in total. The molecule has 1 atom stereocenters. The van der Waals surface area contributed by atoms with Crippen LogP contribution in [0.2, 0.25) is 0 Å². The van der Waals surface area contributed by atoms with Gasteiger partial charge in [-0.2, -0.15) is 0 Å². The summed E-state index contributed by atoms with van der Waals surface area (Å²) in [6, 6.07) is 0. The Morgan fingerprint density at radius 1 is 1.30 bits per heavy atom. The Bertz CT molecular complexity index is 101. The zero-order valence-electron chi connectivity index (χ0n) is 7.78. The van der Waals surface area contributed by atoms with Crippen molar-refractivity contribution >= 4 is 0 Å². The van der Waals surface area contributed by atoms with Crippen LogP contribution in [0.3, 0.4) is 0 Å². The maximum atomic E-state index is 4.07. The molecule has 0 aromatic carbocycles. The van der Waals surface area contributed by atoms with Crippen molar-refractivity contribution < 1.29 is 0 Å². The molecule has 0 fully saturated rings. The predicted octanol–water partition coefficient (Wildman–Crippen LogP) is 3.63. The van der Waals surface area contributed by atoms with Crippen molar-refractivity contribution in [3.05, 3.63) is 12.2 Å². The van der Waals surface area contributed by atoms with Crippen molar-refractivity contribution in [3.8, 4) is 0 Å². The molecule has 60 valence electrons.